The highest BCUT2D eigenvalue weighted by Crippen LogP contribution is 2.29. The molecule has 0 amide bonds. The van der Waals surface area contributed by atoms with Crippen molar-refractivity contribution in [3.8, 4) is 0 Å². The summed E-state index contributed by atoms with van der Waals surface area (Å²) in [7, 11) is 0. The van der Waals surface area contributed by atoms with E-state index < -0.39 is 0 Å². The van der Waals surface area contributed by atoms with Gasteiger partial charge >= 0.3 is 0 Å². The lowest BCUT2D eigenvalue weighted by Gasteiger charge is -2.13. The minimum absolute atomic E-state index is 0.319. The van der Waals surface area contributed by atoms with Crippen molar-refractivity contribution in [1.82, 2.24) is 10.2 Å². The number of nitrogens with zero attached hydrogens (tertiary/aromatic N) is 2. The Labute approximate surface area is 124 Å². The molecular weight excluding hydrogens is 262 g/mol. The third kappa shape index (κ3) is 2.43. The summed E-state index contributed by atoms with van der Waals surface area (Å²) in [6.07, 6.45) is 0.801. The number of fused-ring (bicyclic) bond motifs is 1. The van der Waals surface area contributed by atoms with Gasteiger partial charge in [-0.25, -0.2) is 0 Å². The summed E-state index contributed by atoms with van der Waals surface area (Å²) in [5.74, 6) is 0.765. The second-order valence-electron chi connectivity index (χ2n) is 5.36. The summed E-state index contributed by atoms with van der Waals surface area (Å²) >= 11 is 0. The summed E-state index contributed by atoms with van der Waals surface area (Å²) in [4.78, 5) is 0. The molecule has 0 radical (unpaired) electrons. The average Bonchev–Trinajstić information content (AvgIpc) is 2.92. The number of benzene rings is 1. The van der Waals surface area contributed by atoms with E-state index in [1.165, 1.54) is 0 Å². The van der Waals surface area contributed by atoms with Crippen LogP contribution < -0.4 is 5.73 Å². The van der Waals surface area contributed by atoms with Crippen molar-refractivity contribution in [2.24, 2.45) is 5.73 Å². The first-order valence-electron chi connectivity index (χ1n) is 7.18. The fraction of sp³-hybridized carbons (Fsp3) is 0.294. The number of aromatic nitrogens is 2. The van der Waals surface area contributed by atoms with Crippen LogP contribution in [-0.2, 0) is 6.42 Å². The standard InChI is InChI=1S/C17H19N3O/c1-4-14-13(8-11(3)19-20-14)16(18)15-9-12-7-5-6-10(2)17(12)21-15/h5-9,16H,4,18H2,1-3H3. The summed E-state index contributed by atoms with van der Waals surface area (Å²) in [5, 5.41) is 9.43. The zero-order valence-corrected chi connectivity index (χ0v) is 12.6. The van der Waals surface area contributed by atoms with E-state index in [-0.39, 0.29) is 6.04 Å². The van der Waals surface area contributed by atoms with Crippen LogP contribution in [-0.4, -0.2) is 10.2 Å². The highest BCUT2D eigenvalue weighted by atomic mass is 16.3. The summed E-state index contributed by atoms with van der Waals surface area (Å²) in [5.41, 5.74) is 11.2. The predicted molar refractivity (Wildman–Crippen MR) is 83.1 cm³/mol. The Bertz CT molecular complexity index is 792. The van der Waals surface area contributed by atoms with Gasteiger partial charge in [0.15, 0.2) is 0 Å². The molecule has 0 spiro atoms. The Balaban J connectivity index is 2.10. The third-order valence-corrected chi connectivity index (χ3v) is 3.76. The SMILES string of the molecule is CCc1nnc(C)cc1C(N)c1cc2cccc(C)c2o1. The fourth-order valence-corrected chi connectivity index (χ4v) is 2.61. The van der Waals surface area contributed by atoms with E-state index in [4.69, 9.17) is 10.2 Å². The summed E-state index contributed by atoms with van der Waals surface area (Å²) < 4.78 is 5.98. The molecule has 2 aromatic heterocycles. The van der Waals surface area contributed by atoms with E-state index in [2.05, 4.69) is 17.1 Å². The first kappa shape index (κ1) is 13.8. The van der Waals surface area contributed by atoms with Gasteiger partial charge in [0.1, 0.15) is 11.3 Å². The largest absolute Gasteiger partial charge is 0.459 e. The van der Waals surface area contributed by atoms with Crippen molar-refractivity contribution in [2.75, 3.05) is 0 Å². The Morgan fingerprint density at radius 2 is 2.00 bits per heavy atom. The van der Waals surface area contributed by atoms with Crippen molar-refractivity contribution in [2.45, 2.75) is 33.2 Å². The molecule has 3 aromatic rings. The second kappa shape index (κ2) is 5.30. The molecule has 108 valence electrons. The van der Waals surface area contributed by atoms with E-state index in [1.54, 1.807) is 0 Å². The van der Waals surface area contributed by atoms with Crippen LogP contribution >= 0.6 is 0 Å². The highest BCUT2D eigenvalue weighted by Gasteiger charge is 2.19. The monoisotopic (exact) mass is 281 g/mol. The topological polar surface area (TPSA) is 64.9 Å². The van der Waals surface area contributed by atoms with Crippen LogP contribution in [0, 0.1) is 13.8 Å². The first-order valence-corrected chi connectivity index (χ1v) is 7.18. The van der Waals surface area contributed by atoms with Crippen molar-refractivity contribution in [3.63, 3.8) is 0 Å². The highest BCUT2D eigenvalue weighted by molar-refractivity contribution is 5.81. The maximum atomic E-state index is 6.41. The number of aryl methyl sites for hydroxylation is 3. The minimum Gasteiger partial charge on any atom is -0.459 e. The molecule has 0 bridgehead atoms. The normalized spacial score (nSPS) is 12.8. The summed E-state index contributed by atoms with van der Waals surface area (Å²) in [6, 6.07) is 9.80. The molecule has 21 heavy (non-hydrogen) atoms. The van der Waals surface area contributed by atoms with Crippen LogP contribution in [0.5, 0.6) is 0 Å². The van der Waals surface area contributed by atoms with E-state index in [9.17, 15) is 0 Å². The van der Waals surface area contributed by atoms with Gasteiger partial charge in [0.05, 0.1) is 17.4 Å². The van der Waals surface area contributed by atoms with Crippen LogP contribution in [0.1, 0.15) is 41.2 Å². The van der Waals surface area contributed by atoms with E-state index in [1.807, 2.05) is 44.2 Å². The van der Waals surface area contributed by atoms with Crippen LogP contribution in [0.4, 0.5) is 0 Å². The quantitative estimate of drug-likeness (QED) is 0.798. The molecule has 4 nitrogen and oxygen atoms in total. The Morgan fingerprint density at radius 1 is 1.19 bits per heavy atom. The lowest BCUT2D eigenvalue weighted by molar-refractivity contribution is 0.520. The second-order valence-corrected chi connectivity index (χ2v) is 5.36. The Hall–Kier alpha value is -2.20. The molecule has 0 aliphatic heterocycles. The van der Waals surface area contributed by atoms with Gasteiger partial charge in [0.25, 0.3) is 0 Å². The Kier molecular flexibility index (Phi) is 3.47. The number of para-hydroxylation sites is 1. The molecule has 0 fully saturated rings. The van der Waals surface area contributed by atoms with Crippen molar-refractivity contribution in [1.29, 1.82) is 0 Å². The average molecular weight is 281 g/mol. The zero-order valence-electron chi connectivity index (χ0n) is 12.6. The molecule has 0 aliphatic carbocycles. The number of hydrogen-bond acceptors (Lipinski definition) is 4. The molecule has 1 aromatic carbocycles. The van der Waals surface area contributed by atoms with Gasteiger partial charge in [-0.05, 0) is 38.0 Å². The van der Waals surface area contributed by atoms with Crippen molar-refractivity contribution >= 4 is 11.0 Å². The van der Waals surface area contributed by atoms with Gasteiger partial charge in [-0.15, -0.1) is 0 Å². The molecule has 0 saturated carbocycles. The molecule has 0 aliphatic rings. The smallest absolute Gasteiger partial charge is 0.137 e. The fourth-order valence-electron chi connectivity index (χ4n) is 2.61. The van der Waals surface area contributed by atoms with Gasteiger partial charge in [-0.1, -0.05) is 25.1 Å². The van der Waals surface area contributed by atoms with E-state index >= 15 is 0 Å². The van der Waals surface area contributed by atoms with E-state index in [0.29, 0.717) is 0 Å². The van der Waals surface area contributed by atoms with Crippen molar-refractivity contribution < 1.29 is 4.42 Å². The van der Waals surface area contributed by atoms with Gasteiger partial charge in [-0.3, -0.25) is 0 Å². The van der Waals surface area contributed by atoms with Crippen LogP contribution in [0.3, 0.4) is 0 Å². The maximum Gasteiger partial charge on any atom is 0.137 e. The maximum absolute atomic E-state index is 6.41. The molecule has 1 atom stereocenters. The van der Waals surface area contributed by atoms with Crippen molar-refractivity contribution in [3.05, 3.63) is 58.6 Å². The Morgan fingerprint density at radius 3 is 2.71 bits per heavy atom. The lowest BCUT2D eigenvalue weighted by Crippen LogP contribution is -2.15. The zero-order chi connectivity index (χ0) is 15.0. The number of rotatable bonds is 3. The lowest BCUT2D eigenvalue weighted by atomic mass is 10.0. The first-order chi connectivity index (χ1) is 10.1. The molecule has 1 unspecified atom stereocenters. The molecule has 3 rings (SSSR count). The van der Waals surface area contributed by atoms with Crippen LogP contribution in [0.2, 0.25) is 0 Å². The molecular formula is C17H19N3O. The van der Waals surface area contributed by atoms with Crippen LogP contribution in [0.15, 0.2) is 34.7 Å². The molecule has 2 heterocycles. The van der Waals surface area contributed by atoms with Gasteiger partial charge in [-0.2, -0.15) is 10.2 Å². The molecule has 2 N–H and O–H groups in total. The number of nitrogens with two attached hydrogens (primary N) is 1. The molecule has 0 saturated heterocycles. The predicted octanol–water partition coefficient (Wildman–Crippen LogP) is 3.45. The number of hydrogen-bond donors (Lipinski definition) is 1. The minimum atomic E-state index is -0.319. The molecule has 4 heteroatoms. The van der Waals surface area contributed by atoms with Gasteiger partial charge in [0, 0.05) is 10.9 Å². The van der Waals surface area contributed by atoms with Gasteiger partial charge in [0.2, 0.25) is 0 Å². The van der Waals surface area contributed by atoms with Crippen LogP contribution in [0.25, 0.3) is 11.0 Å². The third-order valence-electron chi connectivity index (χ3n) is 3.76. The summed E-state index contributed by atoms with van der Waals surface area (Å²) in [6.45, 7) is 6.01. The van der Waals surface area contributed by atoms with Gasteiger partial charge < -0.3 is 10.2 Å². The van der Waals surface area contributed by atoms with E-state index in [0.717, 1.165) is 45.7 Å². The number of furan rings is 1.